The minimum absolute atomic E-state index is 0.141. The van der Waals surface area contributed by atoms with Crippen LogP contribution in [0.2, 0.25) is 0 Å². The highest BCUT2D eigenvalue weighted by Gasteiger charge is 2.17. The molecular weight excluding hydrogens is 304 g/mol. The van der Waals surface area contributed by atoms with Crippen molar-refractivity contribution in [1.29, 1.82) is 0 Å². The second kappa shape index (κ2) is 4.86. The van der Waals surface area contributed by atoms with Crippen molar-refractivity contribution in [2.45, 2.75) is 0 Å². The van der Waals surface area contributed by atoms with Gasteiger partial charge in [0.25, 0.3) is 0 Å². The molecule has 2 rings (SSSR count). The molecule has 0 bridgehead atoms. The van der Waals surface area contributed by atoms with E-state index in [1.807, 2.05) is 0 Å². The van der Waals surface area contributed by atoms with E-state index < -0.39 is 17.4 Å². The van der Waals surface area contributed by atoms with Gasteiger partial charge in [-0.3, -0.25) is 4.79 Å². The summed E-state index contributed by atoms with van der Waals surface area (Å²) in [7, 11) is 0. The average molecular weight is 312 g/mol. The summed E-state index contributed by atoms with van der Waals surface area (Å²) >= 11 is 3.20. The smallest absolute Gasteiger partial charge is 0.198 e. The third kappa shape index (κ3) is 2.41. The molecule has 0 atom stereocenters. The van der Waals surface area contributed by atoms with Crippen molar-refractivity contribution in [3.8, 4) is 0 Å². The van der Waals surface area contributed by atoms with Gasteiger partial charge in [-0.15, -0.1) is 0 Å². The first kappa shape index (κ1) is 12.7. The van der Waals surface area contributed by atoms with Crippen LogP contribution in [0.15, 0.2) is 40.9 Å². The van der Waals surface area contributed by atoms with Crippen LogP contribution >= 0.6 is 15.9 Å². The molecule has 0 spiro atoms. The number of carbonyl (C=O) groups excluding carboxylic acids is 1. The second-order valence-electron chi connectivity index (χ2n) is 3.68. The Labute approximate surface area is 111 Å². The maximum absolute atomic E-state index is 13.5. The third-order valence-electron chi connectivity index (χ3n) is 2.43. The molecule has 18 heavy (non-hydrogen) atoms. The Balaban J connectivity index is 2.51. The highest BCUT2D eigenvalue weighted by atomic mass is 79.9. The van der Waals surface area contributed by atoms with Crippen molar-refractivity contribution in [3.63, 3.8) is 0 Å². The summed E-state index contributed by atoms with van der Waals surface area (Å²) < 4.78 is 27.2. The van der Waals surface area contributed by atoms with E-state index in [0.29, 0.717) is 4.47 Å². The topological polar surface area (TPSA) is 43.1 Å². The number of ketones is 1. The lowest BCUT2D eigenvalue weighted by molar-refractivity contribution is 0.103. The van der Waals surface area contributed by atoms with Crippen LogP contribution in [0.5, 0.6) is 0 Å². The molecular formula is C13H8BrF2NO. The van der Waals surface area contributed by atoms with Gasteiger partial charge in [0.05, 0.1) is 5.56 Å². The number of benzene rings is 2. The van der Waals surface area contributed by atoms with Crippen molar-refractivity contribution in [3.05, 3.63) is 63.6 Å². The van der Waals surface area contributed by atoms with Gasteiger partial charge in [-0.25, -0.2) is 8.78 Å². The van der Waals surface area contributed by atoms with Gasteiger partial charge >= 0.3 is 0 Å². The van der Waals surface area contributed by atoms with Gasteiger partial charge in [0, 0.05) is 15.7 Å². The average Bonchev–Trinajstić information content (AvgIpc) is 2.31. The first-order chi connectivity index (χ1) is 8.49. The first-order valence-corrected chi connectivity index (χ1v) is 5.83. The molecule has 0 radical (unpaired) electrons. The quantitative estimate of drug-likeness (QED) is 0.681. The lowest BCUT2D eigenvalue weighted by Crippen LogP contribution is -2.08. The maximum Gasteiger partial charge on any atom is 0.198 e. The molecule has 0 saturated carbocycles. The highest BCUT2D eigenvalue weighted by Crippen LogP contribution is 2.22. The van der Waals surface area contributed by atoms with E-state index in [9.17, 15) is 13.6 Å². The Morgan fingerprint density at radius 3 is 2.44 bits per heavy atom. The van der Waals surface area contributed by atoms with Gasteiger partial charge in [0.1, 0.15) is 11.6 Å². The van der Waals surface area contributed by atoms with E-state index in [4.69, 9.17) is 5.73 Å². The molecule has 2 nitrogen and oxygen atoms in total. The minimum atomic E-state index is -0.774. The molecule has 2 aromatic carbocycles. The van der Waals surface area contributed by atoms with Gasteiger partial charge in [0.2, 0.25) is 0 Å². The molecule has 2 aromatic rings. The summed E-state index contributed by atoms with van der Waals surface area (Å²) in [6, 6.07) is 7.34. The number of nitrogen functional groups attached to an aromatic ring is 1. The number of carbonyl (C=O) groups is 1. The fourth-order valence-corrected chi connectivity index (χ4v) is 1.94. The van der Waals surface area contributed by atoms with Crippen LogP contribution in [-0.4, -0.2) is 5.78 Å². The molecule has 0 unspecified atom stereocenters. The van der Waals surface area contributed by atoms with Gasteiger partial charge in [-0.2, -0.15) is 0 Å². The van der Waals surface area contributed by atoms with Gasteiger partial charge in [-0.05, 0) is 36.4 Å². The predicted octanol–water partition coefficient (Wildman–Crippen LogP) is 3.54. The maximum atomic E-state index is 13.5. The first-order valence-electron chi connectivity index (χ1n) is 5.04. The van der Waals surface area contributed by atoms with E-state index in [-0.39, 0.29) is 16.8 Å². The van der Waals surface area contributed by atoms with Crippen molar-refractivity contribution in [2.24, 2.45) is 0 Å². The molecule has 0 aliphatic heterocycles. The molecule has 0 aliphatic carbocycles. The Bertz CT molecular complexity index is 628. The zero-order chi connectivity index (χ0) is 13.3. The fourth-order valence-electron chi connectivity index (χ4n) is 1.56. The Hall–Kier alpha value is -1.75. The van der Waals surface area contributed by atoms with E-state index in [0.717, 1.165) is 18.2 Å². The molecule has 0 aliphatic rings. The SMILES string of the molecule is Nc1cc(Br)ccc1C(=O)c1cc(F)ccc1F. The normalized spacial score (nSPS) is 10.4. The molecule has 0 saturated heterocycles. The molecule has 0 heterocycles. The summed E-state index contributed by atoms with van der Waals surface area (Å²) in [5.41, 5.74) is 5.70. The molecule has 0 fully saturated rings. The Morgan fingerprint density at radius 2 is 1.78 bits per heavy atom. The Kier molecular flexibility index (Phi) is 3.43. The van der Waals surface area contributed by atoms with Crippen molar-refractivity contribution in [2.75, 3.05) is 5.73 Å². The van der Waals surface area contributed by atoms with Crippen LogP contribution in [0.3, 0.4) is 0 Å². The summed E-state index contributed by atoms with van der Waals surface area (Å²) in [6.45, 7) is 0. The number of anilines is 1. The summed E-state index contributed by atoms with van der Waals surface area (Å²) in [5, 5.41) is 0. The van der Waals surface area contributed by atoms with Crippen LogP contribution in [0.4, 0.5) is 14.5 Å². The summed E-state index contributed by atoms with van der Waals surface area (Å²) in [5.74, 6) is -2.09. The standard InChI is InChI=1S/C13H8BrF2NO/c14-7-1-3-9(12(17)5-7)13(18)10-6-8(15)2-4-11(10)16/h1-6H,17H2. The van der Waals surface area contributed by atoms with Crippen LogP contribution in [0, 0.1) is 11.6 Å². The largest absolute Gasteiger partial charge is 0.398 e. The minimum Gasteiger partial charge on any atom is -0.398 e. The second-order valence-corrected chi connectivity index (χ2v) is 4.60. The zero-order valence-corrected chi connectivity index (χ0v) is 10.7. The fraction of sp³-hybridized carbons (Fsp3) is 0. The number of hydrogen-bond donors (Lipinski definition) is 1. The molecule has 2 N–H and O–H groups in total. The predicted molar refractivity (Wildman–Crippen MR) is 68.3 cm³/mol. The summed E-state index contributed by atoms with van der Waals surface area (Å²) in [4.78, 5) is 12.0. The van der Waals surface area contributed by atoms with Crippen LogP contribution in [0.25, 0.3) is 0 Å². The van der Waals surface area contributed by atoms with Gasteiger partial charge in [-0.1, -0.05) is 15.9 Å². The monoisotopic (exact) mass is 311 g/mol. The van der Waals surface area contributed by atoms with Crippen LogP contribution in [-0.2, 0) is 0 Å². The zero-order valence-electron chi connectivity index (χ0n) is 9.08. The van der Waals surface area contributed by atoms with Gasteiger partial charge < -0.3 is 5.73 Å². The lowest BCUT2D eigenvalue weighted by atomic mass is 10.0. The van der Waals surface area contributed by atoms with Crippen molar-refractivity contribution < 1.29 is 13.6 Å². The van der Waals surface area contributed by atoms with E-state index >= 15 is 0 Å². The molecule has 0 aromatic heterocycles. The number of halogens is 3. The van der Waals surface area contributed by atoms with Crippen molar-refractivity contribution >= 4 is 27.4 Å². The van der Waals surface area contributed by atoms with Gasteiger partial charge in [0.15, 0.2) is 5.78 Å². The number of hydrogen-bond acceptors (Lipinski definition) is 2. The Morgan fingerprint density at radius 1 is 1.06 bits per heavy atom. The molecule has 92 valence electrons. The van der Waals surface area contributed by atoms with Crippen LogP contribution < -0.4 is 5.73 Å². The van der Waals surface area contributed by atoms with E-state index in [2.05, 4.69) is 15.9 Å². The van der Waals surface area contributed by atoms with E-state index in [1.165, 1.54) is 12.1 Å². The molecule has 0 amide bonds. The number of rotatable bonds is 2. The van der Waals surface area contributed by atoms with Crippen molar-refractivity contribution in [1.82, 2.24) is 0 Å². The summed E-state index contributed by atoms with van der Waals surface area (Å²) in [6.07, 6.45) is 0. The third-order valence-corrected chi connectivity index (χ3v) is 2.92. The van der Waals surface area contributed by atoms with E-state index in [1.54, 1.807) is 6.07 Å². The highest BCUT2D eigenvalue weighted by molar-refractivity contribution is 9.10. The lowest BCUT2D eigenvalue weighted by Gasteiger charge is -2.06. The van der Waals surface area contributed by atoms with Crippen LogP contribution in [0.1, 0.15) is 15.9 Å². The molecule has 5 heteroatoms. The number of nitrogens with two attached hydrogens (primary N) is 1.